The first-order chi connectivity index (χ1) is 10.6. The third-order valence-electron chi connectivity index (χ3n) is 3.19. The number of benzene rings is 2. The van der Waals surface area contributed by atoms with E-state index in [1.165, 1.54) is 0 Å². The van der Waals surface area contributed by atoms with Gasteiger partial charge in [0, 0.05) is 10.2 Å². The summed E-state index contributed by atoms with van der Waals surface area (Å²) in [5, 5.41) is 2.79. The summed E-state index contributed by atoms with van der Waals surface area (Å²) >= 11 is 3.35. The molecule has 0 aliphatic carbocycles. The Labute approximate surface area is 133 Å². The first-order valence-corrected chi connectivity index (χ1v) is 7.23. The van der Waals surface area contributed by atoms with Crippen molar-refractivity contribution in [1.29, 1.82) is 0 Å². The predicted octanol–water partition coefficient (Wildman–Crippen LogP) is 2.88. The monoisotopic (exact) mass is 361 g/mol. The van der Waals surface area contributed by atoms with E-state index in [2.05, 4.69) is 31.2 Å². The molecule has 3 rings (SSSR count). The molecule has 0 fully saturated rings. The number of nitrogens with one attached hydrogen (secondary N) is 3. The van der Waals surface area contributed by atoms with Crippen LogP contribution in [0.2, 0.25) is 0 Å². The zero-order valence-corrected chi connectivity index (χ0v) is 13.2. The van der Waals surface area contributed by atoms with E-state index >= 15 is 0 Å². The van der Waals surface area contributed by atoms with Crippen LogP contribution in [0.25, 0.3) is 11.0 Å². The smallest absolute Gasteiger partial charge is 0.323 e. The fourth-order valence-electron chi connectivity index (χ4n) is 2.11. The summed E-state index contributed by atoms with van der Waals surface area (Å²) in [4.78, 5) is 28.9. The normalized spacial score (nSPS) is 10.6. The number of hydrogen-bond acceptors (Lipinski definition) is 3. The Bertz CT molecular complexity index is 914. The van der Waals surface area contributed by atoms with Gasteiger partial charge in [0.05, 0.1) is 23.7 Å². The lowest BCUT2D eigenvalue weighted by Crippen LogP contribution is -2.12. The molecule has 6 nitrogen and oxygen atoms in total. The van der Waals surface area contributed by atoms with E-state index in [1.807, 2.05) is 0 Å². The second-order valence-electron chi connectivity index (χ2n) is 4.64. The van der Waals surface area contributed by atoms with Gasteiger partial charge >= 0.3 is 5.69 Å². The van der Waals surface area contributed by atoms with Crippen LogP contribution in [0.1, 0.15) is 10.4 Å². The van der Waals surface area contributed by atoms with Gasteiger partial charge in [0.25, 0.3) is 5.91 Å². The highest BCUT2D eigenvalue weighted by Crippen LogP contribution is 2.24. The van der Waals surface area contributed by atoms with Gasteiger partial charge < -0.3 is 20.0 Å². The van der Waals surface area contributed by atoms with Gasteiger partial charge in [0.2, 0.25) is 0 Å². The summed E-state index contributed by atoms with van der Waals surface area (Å²) < 4.78 is 5.79. The molecule has 0 saturated carbocycles. The van der Waals surface area contributed by atoms with Crippen LogP contribution in [0.4, 0.5) is 5.69 Å². The number of rotatable bonds is 3. The Morgan fingerprint density at radius 1 is 1.14 bits per heavy atom. The second kappa shape index (κ2) is 5.69. The first kappa shape index (κ1) is 14.4. The van der Waals surface area contributed by atoms with Crippen molar-refractivity contribution >= 4 is 38.6 Å². The number of hydrogen-bond donors (Lipinski definition) is 3. The van der Waals surface area contributed by atoms with E-state index in [-0.39, 0.29) is 11.6 Å². The third-order valence-corrected chi connectivity index (χ3v) is 3.88. The molecule has 0 spiro atoms. The molecule has 0 atom stereocenters. The van der Waals surface area contributed by atoms with Crippen LogP contribution in [0, 0.1) is 0 Å². The number of methoxy groups -OCH3 is 1. The molecule has 1 amide bonds. The lowest BCUT2D eigenvalue weighted by molar-refractivity contribution is 0.102. The fraction of sp³-hybridized carbons (Fsp3) is 0.0667. The Kier molecular flexibility index (Phi) is 3.72. The molecule has 0 aliphatic heterocycles. The van der Waals surface area contributed by atoms with Gasteiger partial charge in [-0.15, -0.1) is 0 Å². The Hall–Kier alpha value is -2.54. The molecule has 0 radical (unpaired) electrons. The highest BCUT2D eigenvalue weighted by molar-refractivity contribution is 9.10. The standard InChI is InChI=1S/C15H12BrN3O3/c1-22-9-3-4-11(16)10(7-9)14(20)17-8-2-5-12-13(6-8)19-15(21)18-12/h2-7H,1H3,(H,17,20)(H2,18,19,21). The van der Waals surface area contributed by atoms with E-state index in [0.29, 0.717) is 32.5 Å². The molecule has 0 unspecified atom stereocenters. The zero-order valence-electron chi connectivity index (χ0n) is 11.6. The van der Waals surface area contributed by atoms with Crippen molar-refractivity contribution in [3.63, 3.8) is 0 Å². The van der Waals surface area contributed by atoms with Crippen LogP contribution < -0.4 is 15.7 Å². The van der Waals surface area contributed by atoms with E-state index < -0.39 is 0 Å². The van der Waals surface area contributed by atoms with E-state index in [4.69, 9.17) is 4.74 Å². The number of H-pyrrole nitrogens is 2. The van der Waals surface area contributed by atoms with Crippen molar-refractivity contribution in [3.8, 4) is 5.75 Å². The summed E-state index contributed by atoms with van der Waals surface area (Å²) in [6, 6.07) is 10.3. The highest BCUT2D eigenvalue weighted by atomic mass is 79.9. The first-order valence-electron chi connectivity index (χ1n) is 6.44. The summed E-state index contributed by atoms with van der Waals surface area (Å²) in [6.07, 6.45) is 0. The zero-order chi connectivity index (χ0) is 15.7. The van der Waals surface area contributed by atoms with Gasteiger partial charge in [-0.25, -0.2) is 4.79 Å². The Morgan fingerprint density at radius 2 is 1.91 bits per heavy atom. The molecule has 3 N–H and O–H groups in total. The van der Waals surface area contributed by atoms with E-state index in [1.54, 1.807) is 43.5 Å². The van der Waals surface area contributed by atoms with E-state index in [9.17, 15) is 9.59 Å². The van der Waals surface area contributed by atoms with Gasteiger partial charge in [-0.3, -0.25) is 4.79 Å². The van der Waals surface area contributed by atoms with Gasteiger partial charge in [0.1, 0.15) is 5.75 Å². The van der Waals surface area contributed by atoms with Crippen molar-refractivity contribution in [2.24, 2.45) is 0 Å². The Morgan fingerprint density at radius 3 is 2.68 bits per heavy atom. The van der Waals surface area contributed by atoms with Crippen molar-refractivity contribution < 1.29 is 9.53 Å². The number of carbonyl (C=O) groups is 1. The quantitative estimate of drug-likeness (QED) is 0.670. The molecule has 112 valence electrons. The minimum absolute atomic E-state index is 0.275. The molecule has 0 saturated heterocycles. The Balaban J connectivity index is 1.90. The molecule has 0 bridgehead atoms. The third kappa shape index (κ3) is 2.75. The molecular formula is C15H12BrN3O3. The predicted molar refractivity (Wildman–Crippen MR) is 87.6 cm³/mol. The van der Waals surface area contributed by atoms with Crippen LogP contribution in [0.5, 0.6) is 5.75 Å². The number of imidazole rings is 1. The molecule has 0 aliphatic rings. The number of aromatic amines is 2. The van der Waals surface area contributed by atoms with Crippen molar-refractivity contribution in [3.05, 3.63) is 56.9 Å². The molecule has 2 aromatic carbocycles. The van der Waals surface area contributed by atoms with Crippen LogP contribution in [0.15, 0.2) is 45.7 Å². The molecule has 7 heteroatoms. The summed E-state index contributed by atoms with van der Waals surface area (Å²) in [6.45, 7) is 0. The molecule has 1 heterocycles. The van der Waals surface area contributed by atoms with Crippen LogP contribution in [-0.2, 0) is 0 Å². The van der Waals surface area contributed by atoms with E-state index in [0.717, 1.165) is 0 Å². The van der Waals surface area contributed by atoms with Gasteiger partial charge in [0.15, 0.2) is 0 Å². The number of halogens is 1. The van der Waals surface area contributed by atoms with Crippen molar-refractivity contribution in [1.82, 2.24) is 9.97 Å². The minimum atomic E-state index is -0.283. The van der Waals surface area contributed by atoms with Crippen molar-refractivity contribution in [2.45, 2.75) is 0 Å². The fourth-order valence-corrected chi connectivity index (χ4v) is 2.54. The summed E-state index contributed by atoms with van der Waals surface area (Å²) in [5.41, 5.74) is 2.08. The minimum Gasteiger partial charge on any atom is -0.497 e. The molecule has 3 aromatic rings. The van der Waals surface area contributed by atoms with Gasteiger partial charge in [-0.2, -0.15) is 0 Å². The maximum absolute atomic E-state index is 12.4. The number of anilines is 1. The number of carbonyl (C=O) groups excluding carboxylic acids is 1. The van der Waals surface area contributed by atoms with Crippen LogP contribution >= 0.6 is 15.9 Å². The average molecular weight is 362 g/mol. The molecule has 22 heavy (non-hydrogen) atoms. The average Bonchev–Trinajstić information content (AvgIpc) is 2.87. The number of amides is 1. The molecule has 1 aromatic heterocycles. The topological polar surface area (TPSA) is 87.0 Å². The largest absolute Gasteiger partial charge is 0.497 e. The highest BCUT2D eigenvalue weighted by Gasteiger charge is 2.12. The van der Waals surface area contributed by atoms with Crippen molar-refractivity contribution in [2.75, 3.05) is 12.4 Å². The lowest BCUT2D eigenvalue weighted by Gasteiger charge is -2.08. The maximum atomic E-state index is 12.4. The number of fused-ring (bicyclic) bond motifs is 1. The summed E-state index contributed by atoms with van der Waals surface area (Å²) in [5.74, 6) is 0.321. The van der Waals surface area contributed by atoms with Gasteiger partial charge in [-0.1, -0.05) is 0 Å². The van der Waals surface area contributed by atoms with Crippen LogP contribution in [-0.4, -0.2) is 23.0 Å². The SMILES string of the molecule is COc1ccc(Br)c(C(=O)Nc2ccc3[nH]c(=O)[nH]c3c2)c1. The molecular weight excluding hydrogens is 350 g/mol. The van der Waals surface area contributed by atoms with Crippen LogP contribution in [0.3, 0.4) is 0 Å². The number of ether oxygens (including phenoxy) is 1. The maximum Gasteiger partial charge on any atom is 0.323 e. The lowest BCUT2D eigenvalue weighted by atomic mass is 10.2. The summed E-state index contributed by atoms with van der Waals surface area (Å²) in [7, 11) is 1.54. The number of aromatic nitrogens is 2. The van der Waals surface area contributed by atoms with Gasteiger partial charge in [-0.05, 0) is 52.3 Å². The second-order valence-corrected chi connectivity index (χ2v) is 5.49.